The Hall–Kier alpha value is -2.28. The van der Waals surface area contributed by atoms with Crippen molar-refractivity contribution in [2.75, 3.05) is 19.0 Å². The lowest BCUT2D eigenvalue weighted by Gasteiger charge is -2.18. The van der Waals surface area contributed by atoms with Crippen LogP contribution < -0.4 is 15.4 Å². The van der Waals surface area contributed by atoms with Crippen molar-refractivity contribution in [3.63, 3.8) is 0 Å². The highest BCUT2D eigenvalue weighted by molar-refractivity contribution is 5.85. The number of amides is 1. The quantitative estimate of drug-likeness (QED) is 0.396. The molecule has 26 heavy (non-hydrogen) atoms. The molecule has 2 atom stereocenters. The second kappa shape index (κ2) is 10.7. The molecule has 0 aromatic heterocycles. The molecule has 142 valence electrons. The first-order valence-electron chi connectivity index (χ1n) is 8.11. The van der Waals surface area contributed by atoms with Crippen molar-refractivity contribution < 1.29 is 19.7 Å². The van der Waals surface area contributed by atoms with Gasteiger partial charge < -0.3 is 25.6 Å². The maximum Gasteiger partial charge on any atom is 0.211 e. The smallest absolute Gasteiger partial charge is 0.211 e. The van der Waals surface area contributed by atoms with E-state index in [-0.39, 0.29) is 29.9 Å². The lowest BCUT2D eigenvalue weighted by atomic mass is 10.1. The Bertz CT molecular complexity index is 694. The molecule has 2 aromatic carbocycles. The van der Waals surface area contributed by atoms with Crippen LogP contribution in [0.5, 0.6) is 11.5 Å². The Morgan fingerprint density at radius 1 is 1.19 bits per heavy atom. The molecular weight excluding hydrogens is 356 g/mol. The number of halogens is 1. The van der Waals surface area contributed by atoms with Crippen LogP contribution in [0.25, 0.3) is 0 Å². The lowest BCUT2D eigenvalue weighted by molar-refractivity contribution is -0.105. The lowest BCUT2D eigenvalue weighted by Crippen LogP contribution is -2.32. The van der Waals surface area contributed by atoms with Gasteiger partial charge in [0.05, 0.1) is 18.9 Å². The van der Waals surface area contributed by atoms with Gasteiger partial charge in [-0.2, -0.15) is 0 Å². The molecular formula is C19H25ClN2O4. The number of aliphatic hydroxyl groups excluding tert-OH is 1. The Labute approximate surface area is 159 Å². The summed E-state index contributed by atoms with van der Waals surface area (Å²) in [4.78, 5) is 10.5. The first-order valence-corrected chi connectivity index (χ1v) is 8.11. The molecule has 0 radical (unpaired) electrons. The number of aromatic hydroxyl groups is 1. The standard InChI is InChI=1S/C19H24N2O4.ClH/c1-13(9-14-3-6-16(25-2)7-4-14)20-11-19(24)15-5-8-18(23)17(10-15)21-12-22;/h3-8,10,12-13,19-20,23-24H,9,11H2,1-2H3,(H,21,22);1H. The Morgan fingerprint density at radius 2 is 1.88 bits per heavy atom. The normalized spacial score (nSPS) is 12.6. The molecule has 1 amide bonds. The van der Waals surface area contributed by atoms with E-state index in [1.54, 1.807) is 19.2 Å². The van der Waals surface area contributed by atoms with Crippen LogP contribution in [0.2, 0.25) is 0 Å². The summed E-state index contributed by atoms with van der Waals surface area (Å²) in [5.41, 5.74) is 2.07. The van der Waals surface area contributed by atoms with Gasteiger partial charge in [-0.3, -0.25) is 4.79 Å². The number of ether oxygens (including phenoxy) is 1. The van der Waals surface area contributed by atoms with Gasteiger partial charge in [-0.15, -0.1) is 12.4 Å². The van der Waals surface area contributed by atoms with E-state index in [0.29, 0.717) is 18.5 Å². The predicted molar refractivity (Wildman–Crippen MR) is 104 cm³/mol. The summed E-state index contributed by atoms with van der Waals surface area (Å²) in [6, 6.07) is 12.7. The number of phenolic OH excluding ortho intramolecular Hbond substituents is 1. The van der Waals surface area contributed by atoms with Crippen molar-refractivity contribution in [2.45, 2.75) is 25.5 Å². The van der Waals surface area contributed by atoms with Crippen LogP contribution in [-0.4, -0.2) is 36.3 Å². The van der Waals surface area contributed by atoms with Crippen molar-refractivity contribution >= 4 is 24.5 Å². The fourth-order valence-corrected chi connectivity index (χ4v) is 2.56. The minimum absolute atomic E-state index is 0. The summed E-state index contributed by atoms with van der Waals surface area (Å²) in [6.07, 6.45) is 0.566. The summed E-state index contributed by atoms with van der Waals surface area (Å²) in [5, 5.41) is 25.6. The van der Waals surface area contributed by atoms with Gasteiger partial charge in [0, 0.05) is 12.6 Å². The molecule has 7 heteroatoms. The van der Waals surface area contributed by atoms with E-state index >= 15 is 0 Å². The third-order valence-corrected chi connectivity index (χ3v) is 3.98. The van der Waals surface area contributed by atoms with Crippen LogP contribution in [0.1, 0.15) is 24.2 Å². The monoisotopic (exact) mass is 380 g/mol. The average molecular weight is 381 g/mol. The minimum atomic E-state index is -0.744. The maximum absolute atomic E-state index is 10.5. The Kier molecular flexibility index (Phi) is 8.92. The Morgan fingerprint density at radius 3 is 2.50 bits per heavy atom. The first-order chi connectivity index (χ1) is 12.0. The molecule has 0 bridgehead atoms. The molecule has 0 heterocycles. The van der Waals surface area contributed by atoms with E-state index in [4.69, 9.17) is 4.74 Å². The van der Waals surface area contributed by atoms with Gasteiger partial charge in [-0.1, -0.05) is 18.2 Å². The molecule has 0 aliphatic heterocycles. The third-order valence-electron chi connectivity index (χ3n) is 3.98. The largest absolute Gasteiger partial charge is 0.506 e. The van der Waals surface area contributed by atoms with Gasteiger partial charge in [0.2, 0.25) is 6.41 Å². The van der Waals surface area contributed by atoms with Crippen LogP contribution in [0, 0.1) is 0 Å². The van der Waals surface area contributed by atoms with Gasteiger partial charge in [0.25, 0.3) is 0 Å². The van der Waals surface area contributed by atoms with E-state index in [0.717, 1.165) is 12.2 Å². The SMILES string of the molecule is COc1ccc(CC(C)NCC(O)c2ccc(O)c(NC=O)c2)cc1.Cl. The van der Waals surface area contributed by atoms with Crippen molar-refractivity contribution in [1.82, 2.24) is 5.32 Å². The number of nitrogens with one attached hydrogen (secondary N) is 2. The second-order valence-corrected chi connectivity index (χ2v) is 5.92. The highest BCUT2D eigenvalue weighted by Crippen LogP contribution is 2.26. The van der Waals surface area contributed by atoms with E-state index in [2.05, 4.69) is 10.6 Å². The van der Waals surface area contributed by atoms with Crippen LogP contribution in [0.4, 0.5) is 5.69 Å². The number of methoxy groups -OCH3 is 1. The van der Waals surface area contributed by atoms with E-state index in [1.807, 2.05) is 31.2 Å². The fourth-order valence-electron chi connectivity index (χ4n) is 2.56. The number of carbonyl (C=O) groups is 1. The fraction of sp³-hybridized carbons (Fsp3) is 0.316. The van der Waals surface area contributed by atoms with Crippen molar-refractivity contribution in [3.8, 4) is 11.5 Å². The molecule has 2 unspecified atom stereocenters. The molecule has 4 N–H and O–H groups in total. The van der Waals surface area contributed by atoms with Crippen LogP contribution >= 0.6 is 12.4 Å². The van der Waals surface area contributed by atoms with Gasteiger partial charge >= 0.3 is 0 Å². The number of benzene rings is 2. The molecule has 0 saturated carbocycles. The summed E-state index contributed by atoms with van der Waals surface area (Å²) < 4.78 is 5.14. The number of rotatable bonds is 9. The second-order valence-electron chi connectivity index (χ2n) is 5.92. The Balaban J connectivity index is 0.00000338. The van der Waals surface area contributed by atoms with E-state index < -0.39 is 6.10 Å². The molecule has 6 nitrogen and oxygen atoms in total. The highest BCUT2D eigenvalue weighted by Gasteiger charge is 2.12. The van der Waals surface area contributed by atoms with Gasteiger partial charge in [0.15, 0.2) is 0 Å². The molecule has 0 aliphatic rings. The summed E-state index contributed by atoms with van der Waals surface area (Å²) >= 11 is 0. The zero-order valence-electron chi connectivity index (χ0n) is 14.8. The third kappa shape index (κ3) is 6.22. The van der Waals surface area contributed by atoms with Crippen molar-refractivity contribution in [1.29, 1.82) is 0 Å². The zero-order valence-corrected chi connectivity index (χ0v) is 15.6. The zero-order chi connectivity index (χ0) is 18.2. The van der Waals surface area contributed by atoms with E-state index in [1.165, 1.54) is 11.6 Å². The van der Waals surface area contributed by atoms with Crippen LogP contribution in [0.3, 0.4) is 0 Å². The number of anilines is 1. The molecule has 0 spiro atoms. The molecule has 0 aliphatic carbocycles. The van der Waals surface area contributed by atoms with Crippen molar-refractivity contribution in [2.24, 2.45) is 0 Å². The van der Waals surface area contributed by atoms with Crippen molar-refractivity contribution in [3.05, 3.63) is 53.6 Å². The number of phenols is 1. The van der Waals surface area contributed by atoms with Gasteiger partial charge in [-0.05, 0) is 48.7 Å². The average Bonchev–Trinajstić information content (AvgIpc) is 2.62. The molecule has 2 aromatic rings. The summed E-state index contributed by atoms with van der Waals surface area (Å²) in [6.45, 7) is 2.41. The summed E-state index contributed by atoms with van der Waals surface area (Å²) in [7, 11) is 1.64. The van der Waals surface area contributed by atoms with Gasteiger partial charge in [0.1, 0.15) is 11.5 Å². The van der Waals surface area contributed by atoms with E-state index in [9.17, 15) is 15.0 Å². The maximum atomic E-state index is 10.5. The van der Waals surface area contributed by atoms with Gasteiger partial charge in [-0.25, -0.2) is 0 Å². The number of hydrogen-bond donors (Lipinski definition) is 4. The minimum Gasteiger partial charge on any atom is -0.506 e. The topological polar surface area (TPSA) is 90.8 Å². The summed E-state index contributed by atoms with van der Waals surface area (Å²) in [5.74, 6) is 0.788. The molecule has 0 fully saturated rings. The number of aliphatic hydroxyl groups is 1. The molecule has 0 saturated heterocycles. The van der Waals surface area contributed by atoms with Crippen LogP contribution in [-0.2, 0) is 11.2 Å². The molecule has 2 rings (SSSR count). The first kappa shape index (κ1) is 21.8. The number of hydrogen-bond acceptors (Lipinski definition) is 5. The highest BCUT2D eigenvalue weighted by atomic mass is 35.5. The predicted octanol–water partition coefficient (Wildman–Crippen LogP) is 2.65. The number of carbonyl (C=O) groups excluding carboxylic acids is 1. The van der Waals surface area contributed by atoms with Crippen LogP contribution in [0.15, 0.2) is 42.5 Å².